The van der Waals surface area contributed by atoms with Gasteiger partial charge in [0.1, 0.15) is 6.61 Å². The van der Waals surface area contributed by atoms with E-state index in [1.807, 2.05) is 12.1 Å². The van der Waals surface area contributed by atoms with Crippen molar-refractivity contribution >= 4 is 17.2 Å². The van der Waals surface area contributed by atoms with Crippen LogP contribution in [0.3, 0.4) is 0 Å². The Bertz CT molecular complexity index is 554. The van der Waals surface area contributed by atoms with Crippen molar-refractivity contribution in [3.05, 3.63) is 21.9 Å². The minimum Gasteiger partial charge on any atom is -0.384 e. The molecule has 3 atom stereocenters. The van der Waals surface area contributed by atoms with Crippen LogP contribution in [-0.4, -0.2) is 17.6 Å². The first kappa shape index (κ1) is 13.7. The van der Waals surface area contributed by atoms with Gasteiger partial charge in [-0.3, -0.25) is 4.79 Å². The second-order valence-electron chi connectivity index (χ2n) is 5.73. The Balaban J connectivity index is 1.51. The van der Waals surface area contributed by atoms with Gasteiger partial charge in [0.05, 0.1) is 11.4 Å². The largest absolute Gasteiger partial charge is 0.384 e. The van der Waals surface area contributed by atoms with Gasteiger partial charge in [0.15, 0.2) is 0 Å². The Morgan fingerprint density at radius 1 is 1.40 bits per heavy atom. The van der Waals surface area contributed by atoms with E-state index in [0.29, 0.717) is 12.5 Å². The van der Waals surface area contributed by atoms with Gasteiger partial charge in [-0.15, -0.1) is 11.3 Å². The summed E-state index contributed by atoms with van der Waals surface area (Å²) in [5.74, 6) is 7.44. The van der Waals surface area contributed by atoms with Gasteiger partial charge >= 0.3 is 0 Å². The number of amides is 1. The molecule has 0 aliphatic heterocycles. The molecule has 0 spiro atoms. The highest BCUT2D eigenvalue weighted by Gasteiger charge is 2.42. The molecular formula is C16H19NO2S. The Labute approximate surface area is 123 Å². The molecule has 2 saturated carbocycles. The second kappa shape index (κ2) is 5.99. The topological polar surface area (TPSA) is 49.3 Å². The van der Waals surface area contributed by atoms with Crippen LogP contribution < -0.4 is 5.32 Å². The number of fused-ring (bicyclic) bond motifs is 2. The summed E-state index contributed by atoms with van der Waals surface area (Å²) in [5, 5.41) is 11.7. The van der Waals surface area contributed by atoms with Gasteiger partial charge in [-0.1, -0.05) is 18.3 Å². The monoisotopic (exact) mass is 289 g/mol. The number of rotatable bonds is 3. The van der Waals surface area contributed by atoms with Crippen LogP contribution in [0.5, 0.6) is 0 Å². The Kier molecular flexibility index (Phi) is 4.09. The molecule has 3 rings (SSSR count). The summed E-state index contributed by atoms with van der Waals surface area (Å²) in [7, 11) is 0. The normalized spacial score (nSPS) is 27.1. The van der Waals surface area contributed by atoms with Crippen LogP contribution in [0.1, 0.15) is 35.4 Å². The molecular weight excluding hydrogens is 270 g/mol. The molecule has 3 unspecified atom stereocenters. The van der Waals surface area contributed by atoms with Crippen molar-refractivity contribution < 1.29 is 9.90 Å². The molecule has 0 radical (unpaired) electrons. The number of thiophene rings is 1. The van der Waals surface area contributed by atoms with E-state index in [1.165, 1.54) is 19.3 Å². The lowest BCUT2D eigenvalue weighted by Gasteiger charge is -2.20. The third-order valence-corrected chi connectivity index (χ3v) is 5.46. The van der Waals surface area contributed by atoms with Crippen molar-refractivity contribution in [1.29, 1.82) is 0 Å². The summed E-state index contributed by atoms with van der Waals surface area (Å²) >= 11 is 1.57. The zero-order valence-corrected chi connectivity index (χ0v) is 12.2. The number of carbonyl (C=O) groups excluding carboxylic acids is 1. The van der Waals surface area contributed by atoms with E-state index in [-0.39, 0.29) is 18.4 Å². The molecule has 2 aliphatic rings. The third kappa shape index (κ3) is 2.89. The van der Waals surface area contributed by atoms with Gasteiger partial charge in [0.25, 0.3) is 0 Å². The van der Waals surface area contributed by atoms with Crippen molar-refractivity contribution in [1.82, 2.24) is 5.32 Å². The maximum atomic E-state index is 12.2. The first-order chi connectivity index (χ1) is 9.76. The Morgan fingerprint density at radius 2 is 2.30 bits per heavy atom. The smallest absolute Gasteiger partial charge is 0.223 e. The molecule has 1 heterocycles. The van der Waals surface area contributed by atoms with E-state index in [9.17, 15) is 4.79 Å². The number of aliphatic hydroxyl groups excluding tert-OH is 1. The van der Waals surface area contributed by atoms with Crippen molar-refractivity contribution in [2.75, 3.05) is 6.61 Å². The van der Waals surface area contributed by atoms with Gasteiger partial charge in [-0.05, 0) is 43.2 Å². The van der Waals surface area contributed by atoms with Crippen LogP contribution in [-0.2, 0) is 11.3 Å². The summed E-state index contributed by atoms with van der Waals surface area (Å²) in [6.07, 6.45) is 4.92. The predicted molar refractivity (Wildman–Crippen MR) is 79.1 cm³/mol. The zero-order valence-electron chi connectivity index (χ0n) is 11.4. The van der Waals surface area contributed by atoms with Crippen molar-refractivity contribution in [2.24, 2.45) is 17.8 Å². The minimum atomic E-state index is -0.117. The number of hydrogen-bond acceptors (Lipinski definition) is 3. The second-order valence-corrected chi connectivity index (χ2v) is 6.89. The number of carbonyl (C=O) groups is 1. The predicted octanol–water partition coefficient (Wildman–Crippen LogP) is 2.14. The van der Waals surface area contributed by atoms with Gasteiger partial charge in [-0.25, -0.2) is 0 Å². The average molecular weight is 289 g/mol. The summed E-state index contributed by atoms with van der Waals surface area (Å²) in [5.41, 5.74) is 0. The maximum absolute atomic E-state index is 12.2. The lowest BCUT2D eigenvalue weighted by molar-refractivity contribution is -0.126. The summed E-state index contributed by atoms with van der Waals surface area (Å²) in [4.78, 5) is 14.3. The molecule has 2 fully saturated rings. The maximum Gasteiger partial charge on any atom is 0.223 e. The molecule has 0 aromatic carbocycles. The number of hydrogen-bond donors (Lipinski definition) is 2. The van der Waals surface area contributed by atoms with Crippen LogP contribution in [0.15, 0.2) is 12.1 Å². The van der Waals surface area contributed by atoms with Crippen LogP contribution in [0.2, 0.25) is 0 Å². The molecule has 2 N–H and O–H groups in total. The van der Waals surface area contributed by atoms with E-state index < -0.39 is 0 Å². The van der Waals surface area contributed by atoms with E-state index in [1.54, 1.807) is 11.3 Å². The molecule has 2 aliphatic carbocycles. The summed E-state index contributed by atoms with van der Waals surface area (Å²) in [6, 6.07) is 3.93. The first-order valence-electron chi connectivity index (χ1n) is 7.22. The van der Waals surface area contributed by atoms with Crippen LogP contribution in [0.25, 0.3) is 0 Å². The highest BCUT2D eigenvalue weighted by atomic mass is 32.1. The van der Waals surface area contributed by atoms with Gasteiger partial charge in [-0.2, -0.15) is 0 Å². The zero-order chi connectivity index (χ0) is 13.9. The van der Waals surface area contributed by atoms with Crippen LogP contribution in [0, 0.1) is 29.6 Å². The van der Waals surface area contributed by atoms with Gasteiger partial charge in [0.2, 0.25) is 5.91 Å². The average Bonchev–Trinajstić information content (AvgIpc) is 3.18. The van der Waals surface area contributed by atoms with Crippen LogP contribution >= 0.6 is 11.3 Å². The molecule has 2 bridgehead atoms. The fourth-order valence-electron chi connectivity index (χ4n) is 3.54. The number of aliphatic hydroxyl groups is 1. The molecule has 20 heavy (non-hydrogen) atoms. The SMILES string of the molecule is O=C(NCc1ccc(C#CCO)s1)C1CC2CCC1C2. The first-order valence-corrected chi connectivity index (χ1v) is 8.04. The van der Waals surface area contributed by atoms with Gasteiger partial charge in [0, 0.05) is 10.8 Å². The van der Waals surface area contributed by atoms with Crippen LogP contribution in [0.4, 0.5) is 0 Å². The lowest BCUT2D eigenvalue weighted by atomic mass is 9.88. The van der Waals surface area contributed by atoms with E-state index in [2.05, 4.69) is 17.2 Å². The summed E-state index contributed by atoms with van der Waals surface area (Å²) < 4.78 is 0. The molecule has 4 heteroatoms. The molecule has 0 saturated heterocycles. The highest BCUT2D eigenvalue weighted by molar-refractivity contribution is 7.12. The number of nitrogens with one attached hydrogen (secondary N) is 1. The van der Waals surface area contributed by atoms with E-state index in [0.717, 1.165) is 22.1 Å². The minimum absolute atomic E-state index is 0.117. The van der Waals surface area contributed by atoms with Crippen molar-refractivity contribution in [3.8, 4) is 11.8 Å². The molecule has 1 amide bonds. The Hall–Kier alpha value is -1.31. The highest BCUT2D eigenvalue weighted by Crippen LogP contribution is 2.48. The quantitative estimate of drug-likeness (QED) is 0.838. The fourth-order valence-corrected chi connectivity index (χ4v) is 4.36. The van der Waals surface area contributed by atoms with E-state index in [4.69, 9.17) is 5.11 Å². The molecule has 1 aromatic rings. The molecule has 106 valence electrons. The summed E-state index contributed by atoms with van der Waals surface area (Å²) in [6.45, 7) is 0.479. The standard InChI is InChI=1S/C16H19NO2S/c18-7-1-2-13-5-6-14(20-13)10-17-16(19)15-9-11-3-4-12(15)8-11/h5-6,11-12,15,18H,3-4,7-10H2,(H,17,19). The van der Waals surface area contributed by atoms with E-state index >= 15 is 0 Å². The van der Waals surface area contributed by atoms with Crippen molar-refractivity contribution in [3.63, 3.8) is 0 Å². The van der Waals surface area contributed by atoms with Gasteiger partial charge < -0.3 is 10.4 Å². The fraction of sp³-hybridized carbons (Fsp3) is 0.562. The van der Waals surface area contributed by atoms with Crippen molar-refractivity contribution in [2.45, 2.75) is 32.2 Å². The molecule has 1 aromatic heterocycles. The third-order valence-electron chi connectivity index (χ3n) is 4.46. The Morgan fingerprint density at radius 3 is 3.00 bits per heavy atom. The molecule has 3 nitrogen and oxygen atoms in total. The lowest BCUT2D eigenvalue weighted by Crippen LogP contribution is -2.33.